The molecule has 0 aromatic heterocycles. The van der Waals surface area contributed by atoms with Crippen molar-refractivity contribution in [1.82, 2.24) is 0 Å². The number of carbonyl (C=O) groups excluding carboxylic acids is 1. The monoisotopic (exact) mass is 318 g/mol. The van der Waals surface area contributed by atoms with Crippen molar-refractivity contribution in [2.75, 3.05) is 0 Å². The van der Waals surface area contributed by atoms with Gasteiger partial charge in [0.25, 0.3) is 0 Å². The molecule has 0 N–H and O–H groups in total. The van der Waals surface area contributed by atoms with Crippen LogP contribution >= 0.6 is 19.8 Å². The van der Waals surface area contributed by atoms with E-state index in [2.05, 4.69) is 0 Å². The van der Waals surface area contributed by atoms with Crippen molar-refractivity contribution in [2.24, 2.45) is 0 Å². The molecule has 0 saturated carbocycles. The molecule has 1 rings (SSSR count). The number of carboxylic acid groups (broad SMARTS) is 1. The second-order valence-electron chi connectivity index (χ2n) is 1.98. The molecule has 0 aliphatic carbocycles. The van der Waals surface area contributed by atoms with Gasteiger partial charge in [0, 0.05) is 5.56 Å². The van der Waals surface area contributed by atoms with Gasteiger partial charge >= 0.3 is 71.2 Å². The van der Waals surface area contributed by atoms with Crippen molar-refractivity contribution in [1.29, 1.82) is 0 Å². The van der Waals surface area contributed by atoms with Gasteiger partial charge in [0.05, 0.1) is 9.54 Å². The third-order valence-corrected chi connectivity index (χ3v) is 3.15. The minimum Gasteiger partial charge on any atom is -0.545 e. The van der Waals surface area contributed by atoms with Gasteiger partial charge < -0.3 is 9.90 Å². The Morgan fingerprint density at radius 1 is 1.23 bits per heavy atom. The number of rotatable bonds is 2. The summed E-state index contributed by atoms with van der Waals surface area (Å²) >= 11 is -3.71. The number of hydrogen-bond donors (Lipinski definition) is 0. The Kier molecular flexibility index (Phi) is 6.51. The maximum atomic E-state index is 10.6. The van der Waals surface area contributed by atoms with Crippen LogP contribution in [-0.2, 0) is 6.14 Å². The van der Waals surface area contributed by atoms with Gasteiger partial charge in [0.2, 0.25) is 0 Å². The van der Waals surface area contributed by atoms with Crippen LogP contribution in [0.5, 0.6) is 0 Å². The molecule has 0 atom stereocenters. The summed E-state index contributed by atoms with van der Waals surface area (Å²) in [6, 6.07) is 5.40. The Hall–Kier alpha value is 0.656. The predicted octanol–water partition coefficient (Wildman–Crippen LogP) is -2.58. The van der Waals surface area contributed by atoms with E-state index in [9.17, 15) is 16.0 Å². The minimum absolute atomic E-state index is 0. The molecule has 64 valence electrons. The second kappa shape index (κ2) is 6.20. The van der Waals surface area contributed by atoms with Gasteiger partial charge in [0.1, 0.15) is 0 Å². The summed E-state index contributed by atoms with van der Waals surface area (Å²) in [7, 11) is 0. The second-order valence-corrected chi connectivity index (χ2v) is 4.39. The smallest absolute Gasteiger partial charge is 0.545 e. The Labute approximate surface area is 124 Å². The van der Waals surface area contributed by atoms with Crippen LogP contribution < -0.4 is 56.5 Å². The molecule has 0 aliphatic rings. The van der Waals surface area contributed by atoms with Crippen molar-refractivity contribution < 1.29 is 67.4 Å². The largest absolute Gasteiger partial charge is 1.00 e. The number of carboxylic acids is 1. The molecular formula is C7H4IKO4. The third-order valence-electron chi connectivity index (χ3n) is 1.26. The van der Waals surface area contributed by atoms with E-state index >= 15 is 0 Å². The first-order valence-corrected chi connectivity index (χ1v) is 5.82. The molecule has 0 saturated heterocycles. The summed E-state index contributed by atoms with van der Waals surface area (Å²) in [5.41, 5.74) is -0.257. The average molecular weight is 318 g/mol. The standard InChI is InChI=1S/C7H5IO4.K/c9-7(10)5-3-1-2-4-6(5)8(11)12;/h1-4H,(H,9,10);/q;+1/p-1. The summed E-state index contributed by atoms with van der Waals surface area (Å²) in [5.74, 6) is -1.46. The van der Waals surface area contributed by atoms with Gasteiger partial charge in [-0.25, -0.2) is 6.14 Å². The van der Waals surface area contributed by atoms with Crippen LogP contribution in [0.3, 0.4) is 0 Å². The van der Waals surface area contributed by atoms with Gasteiger partial charge in [0.15, 0.2) is 0 Å². The van der Waals surface area contributed by atoms with Gasteiger partial charge in [-0.15, -0.1) is 0 Å². The topological polar surface area (TPSA) is 74.3 Å². The number of benzene rings is 1. The molecule has 0 radical (unpaired) electrons. The maximum absolute atomic E-state index is 10.6. The molecule has 0 aliphatic heterocycles. The normalized spacial score (nSPS) is 9.31. The van der Waals surface area contributed by atoms with Crippen LogP contribution in [0.25, 0.3) is 0 Å². The van der Waals surface area contributed by atoms with Crippen LogP contribution in [0, 0.1) is 3.57 Å². The van der Waals surface area contributed by atoms with Crippen molar-refractivity contribution >= 4 is 25.8 Å². The Morgan fingerprint density at radius 3 is 2.15 bits per heavy atom. The van der Waals surface area contributed by atoms with E-state index < -0.39 is 25.8 Å². The fourth-order valence-corrected chi connectivity index (χ4v) is 2.14. The third kappa shape index (κ3) is 3.72. The molecule has 0 spiro atoms. The Morgan fingerprint density at radius 2 is 1.77 bits per heavy atom. The zero-order valence-corrected chi connectivity index (χ0v) is 12.1. The van der Waals surface area contributed by atoms with Crippen LogP contribution in [0.1, 0.15) is 10.4 Å². The predicted molar refractivity (Wildman–Crippen MR) is 44.9 cm³/mol. The number of halogens is 1. The number of hydrogen-bond acceptors (Lipinski definition) is 4. The van der Waals surface area contributed by atoms with Gasteiger partial charge in [-0.1, -0.05) is 18.2 Å². The SMILES string of the molecule is O=C([O-])c1ccccc1I(=O)=O.[K+]. The molecule has 1 aromatic carbocycles. The van der Waals surface area contributed by atoms with E-state index in [4.69, 9.17) is 0 Å². The zero-order valence-electron chi connectivity index (χ0n) is 6.82. The quantitative estimate of drug-likeness (QED) is 0.443. The molecule has 0 amide bonds. The van der Waals surface area contributed by atoms with Crippen molar-refractivity contribution in [3.63, 3.8) is 0 Å². The minimum atomic E-state index is -3.71. The molecule has 13 heavy (non-hydrogen) atoms. The van der Waals surface area contributed by atoms with Gasteiger partial charge in [-0.2, -0.15) is 0 Å². The first kappa shape index (κ1) is 13.7. The number of carbonyl (C=O) groups is 1. The van der Waals surface area contributed by atoms with E-state index in [0.717, 1.165) is 0 Å². The van der Waals surface area contributed by atoms with Crippen LogP contribution in [0.2, 0.25) is 0 Å². The molecule has 0 fully saturated rings. The van der Waals surface area contributed by atoms with Gasteiger partial charge in [-0.05, 0) is 6.07 Å². The van der Waals surface area contributed by atoms with Crippen molar-refractivity contribution in [2.45, 2.75) is 0 Å². The molecule has 0 heterocycles. The Balaban J connectivity index is 0.00000144. The molecular weight excluding hydrogens is 314 g/mol. The van der Waals surface area contributed by atoms with E-state index in [1.807, 2.05) is 0 Å². The first-order valence-electron chi connectivity index (χ1n) is 2.98. The summed E-state index contributed by atoms with van der Waals surface area (Å²) in [6.45, 7) is 0. The average Bonchev–Trinajstić information content (AvgIpc) is 2.04. The fourth-order valence-electron chi connectivity index (χ4n) is 0.761. The van der Waals surface area contributed by atoms with Crippen molar-refractivity contribution in [3.05, 3.63) is 33.4 Å². The zero-order chi connectivity index (χ0) is 9.14. The summed E-state index contributed by atoms with van der Waals surface area (Å²) in [6.07, 6.45) is 0. The van der Waals surface area contributed by atoms with Crippen LogP contribution in [0.4, 0.5) is 0 Å². The molecule has 1 aromatic rings. The van der Waals surface area contributed by atoms with E-state index in [-0.39, 0.29) is 60.5 Å². The maximum Gasteiger partial charge on any atom is 1.00 e. The fraction of sp³-hybridized carbons (Fsp3) is 0. The van der Waals surface area contributed by atoms with Crippen LogP contribution in [0.15, 0.2) is 24.3 Å². The Bertz CT molecular complexity index is 378. The summed E-state index contributed by atoms with van der Waals surface area (Å²) in [4.78, 5) is 10.4. The number of aromatic carboxylic acids is 1. The molecule has 4 nitrogen and oxygen atoms in total. The first-order chi connectivity index (χ1) is 5.63. The van der Waals surface area contributed by atoms with Gasteiger partial charge in [-0.3, -0.25) is 0 Å². The summed E-state index contributed by atoms with van der Waals surface area (Å²) in [5, 5.41) is 10.4. The molecule has 0 bridgehead atoms. The van der Waals surface area contributed by atoms with E-state index in [1.54, 1.807) is 0 Å². The van der Waals surface area contributed by atoms with E-state index in [1.165, 1.54) is 24.3 Å². The summed E-state index contributed by atoms with van der Waals surface area (Å²) < 4.78 is 21.0. The molecule has 0 unspecified atom stereocenters. The van der Waals surface area contributed by atoms with E-state index in [0.29, 0.717) is 0 Å². The van der Waals surface area contributed by atoms with Crippen LogP contribution in [-0.4, -0.2) is 5.97 Å². The van der Waals surface area contributed by atoms with Crippen molar-refractivity contribution in [3.8, 4) is 0 Å². The molecule has 6 heteroatoms.